The van der Waals surface area contributed by atoms with Gasteiger partial charge in [0.25, 0.3) is 0 Å². The third-order valence-corrected chi connectivity index (χ3v) is 8.90. The van der Waals surface area contributed by atoms with Crippen LogP contribution in [0, 0.1) is 34.5 Å². The van der Waals surface area contributed by atoms with Crippen molar-refractivity contribution in [3.63, 3.8) is 0 Å². The van der Waals surface area contributed by atoms with E-state index < -0.39 is 0 Å². The van der Waals surface area contributed by atoms with Crippen molar-refractivity contribution in [3.05, 3.63) is 11.6 Å². The maximum Gasteiger partial charge on any atom is 0.141 e. The normalized spacial score (nSPS) is 44.9. The Balaban J connectivity index is 1.66. The van der Waals surface area contributed by atoms with Crippen LogP contribution in [0.4, 0.5) is 0 Å². The molecule has 6 atom stereocenters. The molecule has 3 fully saturated rings. The van der Waals surface area contributed by atoms with E-state index in [0.29, 0.717) is 35.7 Å². The molecule has 3 nitrogen and oxygen atoms in total. The first-order valence-corrected chi connectivity index (χ1v) is 11.2. The second-order valence-corrected chi connectivity index (χ2v) is 10.7. The van der Waals surface area contributed by atoms with E-state index in [9.17, 15) is 9.59 Å². The Morgan fingerprint density at radius 3 is 2.56 bits per heavy atom. The lowest BCUT2D eigenvalue weighted by Gasteiger charge is -2.58. The minimum Gasteiger partial charge on any atom is -0.309 e. The number of carbonyl (C=O) groups is 2. The number of fused-ring (bicyclic) bond motifs is 5. The molecule has 0 heterocycles. The van der Waals surface area contributed by atoms with Gasteiger partial charge in [-0.1, -0.05) is 31.9 Å². The van der Waals surface area contributed by atoms with Crippen molar-refractivity contribution in [1.82, 2.24) is 4.90 Å². The van der Waals surface area contributed by atoms with Gasteiger partial charge in [-0.25, -0.2) is 0 Å². The Kier molecular flexibility index (Phi) is 4.90. The van der Waals surface area contributed by atoms with Crippen molar-refractivity contribution in [3.8, 4) is 0 Å². The lowest BCUT2D eigenvalue weighted by Crippen LogP contribution is -2.53. The summed E-state index contributed by atoms with van der Waals surface area (Å²) in [5.41, 5.74) is 1.49. The first kappa shape index (κ1) is 19.4. The van der Waals surface area contributed by atoms with Crippen LogP contribution in [0.3, 0.4) is 0 Å². The minimum absolute atomic E-state index is 0.0904. The van der Waals surface area contributed by atoms with Crippen molar-refractivity contribution in [1.29, 1.82) is 0 Å². The van der Waals surface area contributed by atoms with Gasteiger partial charge in [0.15, 0.2) is 0 Å². The fourth-order valence-electron chi connectivity index (χ4n) is 7.41. The molecular weight excluding hydrogens is 334 g/mol. The second-order valence-electron chi connectivity index (χ2n) is 10.7. The summed E-state index contributed by atoms with van der Waals surface area (Å²) in [5, 5.41) is 0. The summed E-state index contributed by atoms with van der Waals surface area (Å²) in [4.78, 5) is 27.9. The highest BCUT2D eigenvalue weighted by Gasteiger charge is 2.57. The summed E-state index contributed by atoms with van der Waals surface area (Å²) >= 11 is 0. The highest BCUT2D eigenvalue weighted by molar-refractivity contribution is 5.86. The van der Waals surface area contributed by atoms with Crippen molar-refractivity contribution in [2.75, 3.05) is 20.6 Å². The highest BCUT2D eigenvalue weighted by atomic mass is 16.1. The zero-order valence-corrected chi connectivity index (χ0v) is 17.7. The van der Waals surface area contributed by atoms with Gasteiger partial charge in [0, 0.05) is 30.7 Å². The maximum atomic E-state index is 13.0. The van der Waals surface area contributed by atoms with Crippen LogP contribution in [0.15, 0.2) is 11.6 Å². The largest absolute Gasteiger partial charge is 0.309 e. The number of hydrogen-bond acceptors (Lipinski definition) is 3. The SMILES string of the molecule is CN(C)CC1CC2(C)C(=CCC3C4CCCCC(=O)C4(C)CCC32)CC1=O. The molecule has 150 valence electrons. The topological polar surface area (TPSA) is 37.4 Å². The van der Waals surface area contributed by atoms with E-state index in [-0.39, 0.29) is 16.7 Å². The summed E-state index contributed by atoms with van der Waals surface area (Å²) in [6.07, 6.45) is 11.7. The Morgan fingerprint density at radius 1 is 1.07 bits per heavy atom. The number of rotatable bonds is 2. The van der Waals surface area contributed by atoms with Gasteiger partial charge < -0.3 is 4.90 Å². The van der Waals surface area contributed by atoms with Crippen LogP contribution in [0.1, 0.15) is 71.6 Å². The van der Waals surface area contributed by atoms with Gasteiger partial charge in [-0.2, -0.15) is 0 Å². The summed E-state index contributed by atoms with van der Waals surface area (Å²) in [6.45, 7) is 5.60. The van der Waals surface area contributed by atoms with Gasteiger partial charge in [0.2, 0.25) is 0 Å². The molecule has 0 saturated heterocycles. The van der Waals surface area contributed by atoms with Crippen LogP contribution in [0.25, 0.3) is 0 Å². The number of Topliss-reactive ketones (excluding diaryl/α,β-unsaturated/α-hetero) is 2. The zero-order valence-electron chi connectivity index (χ0n) is 17.7. The van der Waals surface area contributed by atoms with Crippen LogP contribution in [-0.4, -0.2) is 37.1 Å². The number of ketones is 2. The molecule has 6 unspecified atom stereocenters. The molecule has 4 aliphatic carbocycles. The molecule has 4 rings (SSSR count). The average molecular weight is 372 g/mol. The molecular formula is C24H37NO2. The molecule has 0 N–H and O–H groups in total. The molecule has 0 aromatic rings. The predicted molar refractivity (Wildman–Crippen MR) is 108 cm³/mol. The Hall–Kier alpha value is -0.960. The fraction of sp³-hybridized carbons (Fsp3) is 0.833. The lowest BCUT2D eigenvalue weighted by atomic mass is 9.46. The molecule has 0 aromatic heterocycles. The first-order chi connectivity index (χ1) is 12.8. The van der Waals surface area contributed by atoms with Gasteiger partial charge in [0.1, 0.15) is 11.6 Å². The van der Waals surface area contributed by atoms with Crippen molar-refractivity contribution in [2.24, 2.45) is 34.5 Å². The number of allylic oxidation sites excluding steroid dienone is 2. The monoisotopic (exact) mass is 371 g/mol. The predicted octanol–water partition coefficient (Wildman–Crippen LogP) is 4.66. The smallest absolute Gasteiger partial charge is 0.141 e. The third kappa shape index (κ3) is 3.05. The molecule has 0 aliphatic heterocycles. The van der Waals surface area contributed by atoms with Crippen LogP contribution >= 0.6 is 0 Å². The standard InChI is InChI=1S/C24H37NO2/c1-23-12-11-20-18(19(23)7-5-6-8-22(23)27)10-9-17-13-21(26)16(15-25(3)4)14-24(17,20)2/h9,16,18-20H,5-8,10-15H2,1-4H3. The Morgan fingerprint density at radius 2 is 1.81 bits per heavy atom. The van der Waals surface area contributed by atoms with E-state index in [4.69, 9.17) is 0 Å². The first-order valence-electron chi connectivity index (χ1n) is 11.2. The van der Waals surface area contributed by atoms with Gasteiger partial charge in [-0.3, -0.25) is 9.59 Å². The molecule has 0 spiro atoms. The molecule has 27 heavy (non-hydrogen) atoms. The van der Waals surface area contributed by atoms with Crippen molar-refractivity contribution < 1.29 is 9.59 Å². The molecule has 0 aromatic carbocycles. The van der Waals surface area contributed by atoms with Crippen LogP contribution in [-0.2, 0) is 9.59 Å². The van der Waals surface area contributed by atoms with Gasteiger partial charge in [-0.05, 0) is 75.8 Å². The molecule has 3 heteroatoms. The van der Waals surface area contributed by atoms with Crippen molar-refractivity contribution >= 4 is 11.6 Å². The van der Waals surface area contributed by atoms with Crippen LogP contribution in [0.2, 0.25) is 0 Å². The van der Waals surface area contributed by atoms with E-state index in [1.165, 1.54) is 24.8 Å². The maximum absolute atomic E-state index is 13.0. The molecule has 0 amide bonds. The molecule has 0 radical (unpaired) electrons. The Labute approximate surface area is 165 Å². The fourth-order valence-corrected chi connectivity index (χ4v) is 7.41. The summed E-state index contributed by atoms with van der Waals surface area (Å²) in [6, 6.07) is 0. The van der Waals surface area contributed by atoms with E-state index >= 15 is 0 Å². The number of hydrogen-bond donors (Lipinski definition) is 0. The average Bonchev–Trinajstić information content (AvgIpc) is 2.75. The van der Waals surface area contributed by atoms with Gasteiger partial charge >= 0.3 is 0 Å². The summed E-state index contributed by atoms with van der Waals surface area (Å²) in [5.74, 6) is 2.98. The number of carbonyl (C=O) groups excluding carboxylic acids is 2. The molecule has 3 saturated carbocycles. The summed E-state index contributed by atoms with van der Waals surface area (Å²) in [7, 11) is 4.15. The van der Waals surface area contributed by atoms with E-state index in [1.54, 1.807) is 0 Å². The molecule has 0 bridgehead atoms. The van der Waals surface area contributed by atoms with Crippen molar-refractivity contribution in [2.45, 2.75) is 71.6 Å². The minimum atomic E-state index is -0.0904. The van der Waals surface area contributed by atoms with E-state index in [0.717, 1.165) is 38.6 Å². The lowest BCUT2D eigenvalue weighted by molar-refractivity contribution is -0.140. The Bertz CT molecular complexity index is 665. The molecule has 4 aliphatic rings. The van der Waals surface area contributed by atoms with Gasteiger partial charge in [0.05, 0.1) is 0 Å². The second kappa shape index (κ2) is 6.83. The van der Waals surface area contributed by atoms with Gasteiger partial charge in [-0.15, -0.1) is 0 Å². The van der Waals surface area contributed by atoms with E-state index in [2.05, 4.69) is 38.9 Å². The number of nitrogens with zero attached hydrogens (tertiary/aromatic N) is 1. The quantitative estimate of drug-likeness (QED) is 0.663. The zero-order chi connectivity index (χ0) is 19.4. The third-order valence-electron chi connectivity index (χ3n) is 8.90. The van der Waals surface area contributed by atoms with Crippen LogP contribution < -0.4 is 0 Å². The highest BCUT2D eigenvalue weighted by Crippen LogP contribution is 2.63. The summed E-state index contributed by atoms with van der Waals surface area (Å²) < 4.78 is 0. The van der Waals surface area contributed by atoms with E-state index in [1.807, 2.05) is 0 Å². The van der Waals surface area contributed by atoms with Crippen LogP contribution in [0.5, 0.6) is 0 Å².